The van der Waals surface area contributed by atoms with E-state index in [1.807, 2.05) is 0 Å². The van der Waals surface area contributed by atoms with Crippen LogP contribution in [0.5, 0.6) is 5.75 Å². The van der Waals surface area contributed by atoms with Crippen molar-refractivity contribution in [1.82, 2.24) is 5.32 Å². The van der Waals surface area contributed by atoms with Crippen LogP contribution in [0, 0.1) is 0 Å². The monoisotopic (exact) mass is 243 g/mol. The fraction of sp³-hybridized carbons (Fsp3) is 0.500. The summed E-state index contributed by atoms with van der Waals surface area (Å²) in [4.78, 5) is 0. The molecule has 1 atom stereocenters. The molecule has 1 aromatic rings. The summed E-state index contributed by atoms with van der Waals surface area (Å²) in [6.07, 6.45) is -2.70. The molecule has 0 bridgehead atoms. The predicted octanol–water partition coefficient (Wildman–Crippen LogP) is 2.29. The second kappa shape index (κ2) is 5.42. The Bertz CT molecular complexity index is 379. The van der Waals surface area contributed by atoms with Crippen molar-refractivity contribution in [2.45, 2.75) is 12.5 Å². The van der Waals surface area contributed by atoms with Gasteiger partial charge in [-0.1, -0.05) is 6.07 Å². The number of ether oxygens (including phenoxy) is 2. The number of nitrogens with one attached hydrogen (secondary N) is 1. The van der Waals surface area contributed by atoms with Crippen LogP contribution < -0.4 is 10.1 Å². The van der Waals surface area contributed by atoms with Gasteiger partial charge in [-0.05, 0) is 17.7 Å². The summed E-state index contributed by atoms with van der Waals surface area (Å²) in [6.45, 7) is 2.05. The van der Waals surface area contributed by atoms with Crippen molar-refractivity contribution in [3.05, 3.63) is 29.3 Å². The van der Waals surface area contributed by atoms with Crippen molar-refractivity contribution in [1.29, 1.82) is 0 Å². The Morgan fingerprint density at radius 2 is 2.29 bits per heavy atom. The summed E-state index contributed by atoms with van der Waals surface area (Å²) in [5.74, 6) is 0.215. The minimum atomic E-state index is -2.54. The first-order valence-electron chi connectivity index (χ1n) is 5.50. The number of halogens is 2. The molecule has 0 aromatic heterocycles. The average Bonchev–Trinajstić information content (AvgIpc) is 2.39. The third-order valence-electron chi connectivity index (χ3n) is 2.79. The highest BCUT2D eigenvalue weighted by atomic mass is 19.3. The molecular formula is C12H15F2NO2. The van der Waals surface area contributed by atoms with Crippen LogP contribution in [0.2, 0.25) is 0 Å². The van der Waals surface area contributed by atoms with Gasteiger partial charge in [0.15, 0.2) is 0 Å². The van der Waals surface area contributed by atoms with Crippen molar-refractivity contribution in [2.24, 2.45) is 0 Å². The summed E-state index contributed by atoms with van der Waals surface area (Å²) in [5, 5.41) is 3.17. The van der Waals surface area contributed by atoms with E-state index in [-0.39, 0.29) is 17.4 Å². The van der Waals surface area contributed by atoms with Gasteiger partial charge in [-0.2, -0.15) is 0 Å². The van der Waals surface area contributed by atoms with Gasteiger partial charge in [0.05, 0.1) is 25.4 Å². The first-order chi connectivity index (χ1) is 8.22. The summed E-state index contributed by atoms with van der Waals surface area (Å²) in [7, 11) is 1.39. The van der Waals surface area contributed by atoms with Crippen molar-refractivity contribution >= 4 is 0 Å². The van der Waals surface area contributed by atoms with Crippen LogP contribution in [-0.4, -0.2) is 26.8 Å². The van der Waals surface area contributed by atoms with Crippen molar-refractivity contribution in [3.63, 3.8) is 0 Å². The highest BCUT2D eigenvalue weighted by Crippen LogP contribution is 2.32. The summed E-state index contributed by atoms with van der Waals surface area (Å²) >= 11 is 0. The van der Waals surface area contributed by atoms with E-state index >= 15 is 0 Å². The highest BCUT2D eigenvalue weighted by Gasteiger charge is 2.20. The lowest BCUT2D eigenvalue weighted by atomic mass is 10.0. The molecule has 0 saturated carbocycles. The molecule has 1 saturated heterocycles. The van der Waals surface area contributed by atoms with Gasteiger partial charge in [-0.3, -0.25) is 0 Å². The molecular weight excluding hydrogens is 228 g/mol. The molecule has 1 aliphatic heterocycles. The lowest BCUT2D eigenvalue weighted by Gasteiger charge is -2.24. The number of rotatable bonds is 3. The number of morpholine rings is 1. The Morgan fingerprint density at radius 1 is 1.47 bits per heavy atom. The first-order valence-corrected chi connectivity index (χ1v) is 5.50. The van der Waals surface area contributed by atoms with E-state index < -0.39 is 6.43 Å². The maximum atomic E-state index is 12.8. The van der Waals surface area contributed by atoms with Gasteiger partial charge in [-0.15, -0.1) is 0 Å². The molecule has 0 spiro atoms. The smallest absolute Gasteiger partial charge is 0.267 e. The second-order valence-corrected chi connectivity index (χ2v) is 3.87. The second-order valence-electron chi connectivity index (χ2n) is 3.87. The quantitative estimate of drug-likeness (QED) is 0.883. The average molecular weight is 243 g/mol. The van der Waals surface area contributed by atoms with Crippen LogP contribution in [0.1, 0.15) is 23.7 Å². The zero-order valence-corrected chi connectivity index (χ0v) is 9.58. The van der Waals surface area contributed by atoms with E-state index in [0.717, 1.165) is 12.1 Å². The number of hydrogen-bond acceptors (Lipinski definition) is 3. The van der Waals surface area contributed by atoms with Crippen LogP contribution >= 0.6 is 0 Å². The molecule has 1 heterocycles. The van der Waals surface area contributed by atoms with Crippen LogP contribution in [0.3, 0.4) is 0 Å². The Balaban J connectivity index is 2.26. The zero-order chi connectivity index (χ0) is 12.3. The van der Waals surface area contributed by atoms with E-state index in [1.165, 1.54) is 13.2 Å². The fourth-order valence-electron chi connectivity index (χ4n) is 1.90. The number of methoxy groups -OCH3 is 1. The van der Waals surface area contributed by atoms with Gasteiger partial charge in [0.2, 0.25) is 0 Å². The predicted molar refractivity (Wildman–Crippen MR) is 59.5 cm³/mol. The SMILES string of the molecule is COc1ccc(C2CNCCO2)cc1C(F)F. The maximum absolute atomic E-state index is 12.8. The Morgan fingerprint density at radius 3 is 2.88 bits per heavy atom. The molecule has 1 unspecified atom stereocenters. The number of hydrogen-bond donors (Lipinski definition) is 1. The fourth-order valence-corrected chi connectivity index (χ4v) is 1.90. The Labute approximate surface area is 98.7 Å². The third-order valence-corrected chi connectivity index (χ3v) is 2.79. The molecule has 1 aromatic carbocycles. The Kier molecular flexibility index (Phi) is 3.91. The molecule has 0 amide bonds. The molecule has 94 valence electrons. The van der Waals surface area contributed by atoms with Crippen molar-refractivity contribution in [3.8, 4) is 5.75 Å². The van der Waals surface area contributed by atoms with E-state index in [0.29, 0.717) is 13.2 Å². The Hall–Kier alpha value is -1.20. The van der Waals surface area contributed by atoms with Gasteiger partial charge >= 0.3 is 0 Å². The molecule has 0 aliphatic carbocycles. The standard InChI is InChI=1S/C12H15F2NO2/c1-16-10-3-2-8(6-9(10)12(13)14)11-7-15-4-5-17-11/h2-3,6,11-12,15H,4-5,7H2,1H3. The third kappa shape index (κ3) is 2.73. The van der Waals surface area contributed by atoms with E-state index in [4.69, 9.17) is 9.47 Å². The normalized spacial score (nSPS) is 20.6. The summed E-state index contributed by atoms with van der Waals surface area (Å²) in [5.41, 5.74) is 0.674. The molecule has 1 N–H and O–H groups in total. The molecule has 1 fully saturated rings. The highest BCUT2D eigenvalue weighted by molar-refractivity contribution is 5.39. The zero-order valence-electron chi connectivity index (χ0n) is 9.58. The molecule has 0 radical (unpaired) electrons. The minimum Gasteiger partial charge on any atom is -0.496 e. The van der Waals surface area contributed by atoms with E-state index in [1.54, 1.807) is 12.1 Å². The largest absolute Gasteiger partial charge is 0.496 e. The lowest BCUT2D eigenvalue weighted by Crippen LogP contribution is -2.33. The van der Waals surface area contributed by atoms with Gasteiger partial charge in [0.25, 0.3) is 6.43 Å². The van der Waals surface area contributed by atoms with Crippen LogP contribution in [-0.2, 0) is 4.74 Å². The molecule has 1 aliphatic rings. The van der Waals surface area contributed by atoms with Crippen LogP contribution in [0.25, 0.3) is 0 Å². The van der Waals surface area contributed by atoms with Gasteiger partial charge < -0.3 is 14.8 Å². The van der Waals surface area contributed by atoms with Crippen LogP contribution in [0.15, 0.2) is 18.2 Å². The topological polar surface area (TPSA) is 30.5 Å². The maximum Gasteiger partial charge on any atom is 0.267 e. The van der Waals surface area contributed by atoms with Gasteiger partial charge in [0, 0.05) is 13.1 Å². The van der Waals surface area contributed by atoms with Gasteiger partial charge in [0.1, 0.15) is 5.75 Å². The van der Waals surface area contributed by atoms with Crippen molar-refractivity contribution < 1.29 is 18.3 Å². The molecule has 3 nitrogen and oxygen atoms in total. The first kappa shape index (κ1) is 12.3. The summed E-state index contributed by atoms with van der Waals surface area (Å²) in [6, 6.07) is 4.79. The lowest BCUT2D eigenvalue weighted by molar-refractivity contribution is 0.0274. The molecule has 5 heteroatoms. The van der Waals surface area contributed by atoms with Gasteiger partial charge in [-0.25, -0.2) is 8.78 Å². The number of alkyl halides is 2. The van der Waals surface area contributed by atoms with Crippen molar-refractivity contribution in [2.75, 3.05) is 26.8 Å². The van der Waals surface area contributed by atoms with E-state index in [9.17, 15) is 8.78 Å². The van der Waals surface area contributed by atoms with E-state index in [2.05, 4.69) is 5.32 Å². The van der Waals surface area contributed by atoms with Crippen LogP contribution in [0.4, 0.5) is 8.78 Å². The minimum absolute atomic E-state index is 0.0841. The summed E-state index contributed by atoms with van der Waals surface area (Å²) < 4.78 is 36.1. The molecule has 2 rings (SSSR count). The number of benzene rings is 1. The molecule has 17 heavy (non-hydrogen) atoms.